The number of carbonyl (C=O) groups is 1. The number of esters is 1. The number of cyclic esters (lactones) is 1. The van der Waals surface area contributed by atoms with Crippen molar-refractivity contribution in [2.24, 2.45) is 5.92 Å². The van der Waals surface area contributed by atoms with Crippen LogP contribution in [0.3, 0.4) is 0 Å². The Kier molecular flexibility index (Phi) is 3.41. The average molecular weight is 237 g/mol. The highest BCUT2D eigenvalue weighted by atomic mass is 16.7. The van der Waals surface area contributed by atoms with Gasteiger partial charge in [-0.15, -0.1) is 0 Å². The van der Waals surface area contributed by atoms with E-state index in [4.69, 9.17) is 9.47 Å². The largest absolute Gasteiger partial charge is 0.465 e. The van der Waals surface area contributed by atoms with Gasteiger partial charge >= 0.3 is 5.97 Å². The first-order valence-electron chi connectivity index (χ1n) is 6.17. The van der Waals surface area contributed by atoms with E-state index in [-0.39, 0.29) is 12.0 Å². The van der Waals surface area contributed by atoms with Crippen LogP contribution in [-0.2, 0) is 14.3 Å². The number of hydrogen-bond donors (Lipinski definition) is 1. The molecule has 0 fully saturated rings. The van der Waals surface area contributed by atoms with E-state index in [1.54, 1.807) is 0 Å². The summed E-state index contributed by atoms with van der Waals surface area (Å²) in [6.45, 7) is 6.78. The number of carbonyl (C=O) groups excluding carboxylic acids is 1. The van der Waals surface area contributed by atoms with E-state index in [1.807, 2.05) is 6.92 Å². The van der Waals surface area contributed by atoms with E-state index in [9.17, 15) is 4.79 Å². The quantitative estimate of drug-likeness (QED) is 0.587. The minimum atomic E-state index is -0.260. The van der Waals surface area contributed by atoms with E-state index in [1.165, 1.54) is 0 Å². The summed E-state index contributed by atoms with van der Waals surface area (Å²) in [4.78, 5) is 11.5. The second kappa shape index (κ2) is 4.82. The van der Waals surface area contributed by atoms with E-state index < -0.39 is 0 Å². The summed E-state index contributed by atoms with van der Waals surface area (Å²) in [5, 5.41) is 3.28. The maximum absolute atomic E-state index is 11.5. The zero-order valence-corrected chi connectivity index (χ0v) is 10.6. The molecule has 0 aromatic carbocycles. The zero-order valence-electron chi connectivity index (χ0n) is 10.6. The molecule has 0 amide bonds. The topological polar surface area (TPSA) is 47.6 Å². The number of rotatable bonds is 5. The normalized spacial score (nSPS) is 27.2. The molecule has 0 spiro atoms. The van der Waals surface area contributed by atoms with Crippen LogP contribution >= 0.6 is 0 Å². The molecule has 0 saturated heterocycles. The Morgan fingerprint density at radius 2 is 2.29 bits per heavy atom. The maximum Gasteiger partial charge on any atom is 0.351 e. The highest BCUT2D eigenvalue weighted by Crippen LogP contribution is 2.32. The van der Waals surface area contributed by atoms with Crippen LogP contribution in [0, 0.1) is 5.92 Å². The fourth-order valence-electron chi connectivity index (χ4n) is 2.15. The van der Waals surface area contributed by atoms with Crippen LogP contribution in [0.15, 0.2) is 23.3 Å². The summed E-state index contributed by atoms with van der Waals surface area (Å²) in [6, 6.07) is 0.00729. The minimum Gasteiger partial charge on any atom is -0.465 e. The summed E-state index contributed by atoms with van der Waals surface area (Å²) in [7, 11) is 0. The van der Waals surface area contributed by atoms with Crippen molar-refractivity contribution < 1.29 is 14.3 Å². The fourth-order valence-corrected chi connectivity index (χ4v) is 2.15. The molecule has 2 atom stereocenters. The number of ether oxygens (including phenoxy) is 2. The second-order valence-electron chi connectivity index (χ2n) is 4.62. The fraction of sp³-hybridized carbons (Fsp3) is 0.615. The Balaban J connectivity index is 2.03. The lowest BCUT2D eigenvalue weighted by atomic mass is 9.95. The van der Waals surface area contributed by atoms with Gasteiger partial charge < -0.3 is 14.8 Å². The van der Waals surface area contributed by atoms with Gasteiger partial charge in [0.2, 0.25) is 0 Å². The number of hydrogen-bond acceptors (Lipinski definition) is 4. The van der Waals surface area contributed by atoms with Crippen LogP contribution < -0.4 is 5.32 Å². The van der Waals surface area contributed by atoms with E-state index in [0.717, 1.165) is 18.5 Å². The minimum absolute atomic E-state index is 0.00729. The Bertz CT molecular complexity index is 384. The molecule has 2 aliphatic heterocycles. The van der Waals surface area contributed by atoms with Gasteiger partial charge in [-0.05, 0) is 13.3 Å². The molecule has 94 valence electrons. The molecule has 2 aliphatic rings. The lowest BCUT2D eigenvalue weighted by Crippen LogP contribution is -2.40. The van der Waals surface area contributed by atoms with Gasteiger partial charge in [0.15, 0.2) is 0 Å². The van der Waals surface area contributed by atoms with E-state index in [0.29, 0.717) is 24.0 Å². The van der Waals surface area contributed by atoms with Crippen molar-refractivity contribution in [1.29, 1.82) is 0 Å². The van der Waals surface area contributed by atoms with Crippen molar-refractivity contribution in [3.8, 4) is 0 Å². The van der Waals surface area contributed by atoms with Gasteiger partial charge in [-0.25, -0.2) is 4.79 Å². The van der Waals surface area contributed by atoms with Gasteiger partial charge in [-0.1, -0.05) is 26.3 Å². The third-order valence-electron chi connectivity index (χ3n) is 3.09. The van der Waals surface area contributed by atoms with Crippen LogP contribution in [0.5, 0.6) is 0 Å². The van der Waals surface area contributed by atoms with Crippen molar-refractivity contribution in [2.45, 2.75) is 39.7 Å². The molecule has 0 aromatic heterocycles. The van der Waals surface area contributed by atoms with Gasteiger partial charge in [0.25, 0.3) is 5.95 Å². The van der Waals surface area contributed by atoms with Crippen molar-refractivity contribution in [2.75, 3.05) is 6.61 Å². The van der Waals surface area contributed by atoms with Crippen LogP contribution in [0.25, 0.3) is 0 Å². The molecule has 0 aliphatic carbocycles. The van der Waals surface area contributed by atoms with Gasteiger partial charge in [0.1, 0.15) is 5.57 Å². The highest BCUT2D eigenvalue weighted by Gasteiger charge is 2.41. The molecule has 4 heteroatoms. The molecule has 0 radical (unpaired) electrons. The lowest BCUT2D eigenvalue weighted by molar-refractivity contribution is -0.150. The first-order valence-corrected chi connectivity index (χ1v) is 6.17. The highest BCUT2D eigenvalue weighted by molar-refractivity contribution is 5.96. The number of allylic oxidation sites excluding steroid dienone is 1. The first kappa shape index (κ1) is 12.0. The molecular weight excluding hydrogens is 218 g/mol. The Hall–Kier alpha value is -1.45. The maximum atomic E-state index is 11.5. The Labute approximate surface area is 102 Å². The van der Waals surface area contributed by atoms with Crippen molar-refractivity contribution in [3.63, 3.8) is 0 Å². The van der Waals surface area contributed by atoms with Crippen LogP contribution in [0.1, 0.15) is 33.6 Å². The SMILES string of the molecule is CCCCOC1=C(C2NC(C)=CC2C)C(=O)O1. The molecule has 2 rings (SSSR count). The molecule has 17 heavy (non-hydrogen) atoms. The van der Waals surface area contributed by atoms with Crippen molar-refractivity contribution in [1.82, 2.24) is 5.32 Å². The van der Waals surface area contributed by atoms with Gasteiger partial charge in [0.05, 0.1) is 12.6 Å². The summed E-state index contributed by atoms with van der Waals surface area (Å²) in [6.07, 6.45) is 4.15. The molecule has 4 nitrogen and oxygen atoms in total. The summed E-state index contributed by atoms with van der Waals surface area (Å²) in [5.74, 6) is 0.447. The zero-order chi connectivity index (χ0) is 12.4. The predicted molar refractivity (Wildman–Crippen MR) is 63.8 cm³/mol. The van der Waals surface area contributed by atoms with Crippen LogP contribution in [-0.4, -0.2) is 18.6 Å². The first-order chi connectivity index (χ1) is 8.13. The van der Waals surface area contributed by atoms with Gasteiger partial charge in [-0.2, -0.15) is 0 Å². The lowest BCUT2D eigenvalue weighted by Gasteiger charge is -2.28. The number of unbranched alkanes of at least 4 members (excludes halogenated alkanes) is 1. The van der Waals surface area contributed by atoms with Crippen LogP contribution in [0.2, 0.25) is 0 Å². The van der Waals surface area contributed by atoms with E-state index in [2.05, 4.69) is 25.2 Å². The van der Waals surface area contributed by atoms with E-state index >= 15 is 0 Å². The monoisotopic (exact) mass is 237 g/mol. The van der Waals surface area contributed by atoms with Crippen molar-refractivity contribution >= 4 is 5.97 Å². The molecule has 0 bridgehead atoms. The smallest absolute Gasteiger partial charge is 0.351 e. The Morgan fingerprint density at radius 3 is 2.82 bits per heavy atom. The molecule has 1 N–H and O–H groups in total. The molecule has 0 aromatic rings. The van der Waals surface area contributed by atoms with Crippen molar-refractivity contribution in [3.05, 3.63) is 23.3 Å². The molecular formula is C13H19NO3. The summed E-state index contributed by atoms with van der Waals surface area (Å²) >= 11 is 0. The third-order valence-corrected chi connectivity index (χ3v) is 3.09. The molecule has 2 unspecified atom stereocenters. The average Bonchev–Trinajstić information content (AvgIpc) is 2.56. The number of nitrogens with one attached hydrogen (secondary N) is 1. The van der Waals surface area contributed by atoms with Gasteiger partial charge in [-0.3, -0.25) is 0 Å². The third kappa shape index (κ3) is 2.30. The molecule has 2 heterocycles. The second-order valence-corrected chi connectivity index (χ2v) is 4.62. The predicted octanol–water partition coefficient (Wildman–Crippen LogP) is 2.08. The summed E-state index contributed by atoms with van der Waals surface area (Å²) < 4.78 is 10.4. The standard InChI is InChI=1S/C13H19NO3/c1-4-5-6-16-13-10(12(15)17-13)11-8(2)7-9(3)14-11/h7-8,11,14H,4-6H2,1-3H3. The summed E-state index contributed by atoms with van der Waals surface area (Å²) in [5.41, 5.74) is 1.75. The Morgan fingerprint density at radius 1 is 1.53 bits per heavy atom. The van der Waals surface area contributed by atoms with Gasteiger partial charge in [0, 0.05) is 11.6 Å². The van der Waals surface area contributed by atoms with Crippen LogP contribution in [0.4, 0.5) is 0 Å². The molecule has 0 saturated carbocycles.